The molecule has 12 N–H and O–H groups in total. The summed E-state index contributed by atoms with van der Waals surface area (Å²) in [5.74, 6) is -3.10. The number of carbonyl (C=O) groups is 3. The Morgan fingerprint density at radius 3 is 0.893 bits per heavy atom. The molecule has 0 aliphatic heterocycles. The van der Waals surface area contributed by atoms with Crippen LogP contribution in [0.1, 0.15) is 85.6 Å². The smallest absolute Gasteiger partial charge is 0.254 e. The fourth-order valence-corrected chi connectivity index (χ4v) is 8.31. The lowest BCUT2D eigenvalue weighted by Gasteiger charge is -2.10. The van der Waals surface area contributed by atoms with Gasteiger partial charge in [0, 0.05) is 55.6 Å². The van der Waals surface area contributed by atoms with Crippen LogP contribution in [0.5, 0.6) is 0 Å². The van der Waals surface area contributed by atoms with Crippen molar-refractivity contribution < 1.29 is 42.9 Å². The number of benzene rings is 6. The molecule has 0 radical (unpaired) electrons. The Balaban J connectivity index is 0.000000181. The molecule has 18 nitrogen and oxygen atoms in total. The van der Waals surface area contributed by atoms with Gasteiger partial charge in [0.25, 0.3) is 17.7 Å². The molecular formula is C63H63F3N12O6. The van der Waals surface area contributed by atoms with E-state index in [9.17, 15) is 42.9 Å². The maximum atomic E-state index is 14.6. The lowest BCUT2D eigenvalue weighted by molar-refractivity contribution is 0.0938. The average molecular weight is 1140 g/mol. The zero-order valence-electron chi connectivity index (χ0n) is 46.2. The Labute approximate surface area is 483 Å². The molecule has 1 unspecified atom stereocenters. The molecule has 3 atom stereocenters. The van der Waals surface area contributed by atoms with Crippen molar-refractivity contribution in [2.45, 2.75) is 78.0 Å². The highest BCUT2D eigenvalue weighted by Gasteiger charge is 2.19. The standard InChI is InChI=1S/3C21H21FN4O2/c3*1-13(27)9-16-12-24-20(23)19(26-16)15-7-8-17(18(22)10-15)21(28)25-11-14-5-3-2-4-6-14/h3*2-8,10,12-13,27H,9,11H2,1H3,(H2,23,24)(H,25,28)/t2*13-;/m10./s1. The van der Waals surface area contributed by atoms with Gasteiger partial charge >= 0.3 is 0 Å². The molecular weight excluding hydrogens is 1080 g/mol. The van der Waals surface area contributed by atoms with Gasteiger partial charge in [-0.15, -0.1) is 0 Å². The molecule has 0 spiro atoms. The van der Waals surface area contributed by atoms with Gasteiger partial charge in [-0.05, 0) is 73.9 Å². The third-order valence-electron chi connectivity index (χ3n) is 12.4. The van der Waals surface area contributed by atoms with E-state index >= 15 is 0 Å². The number of hydrogen-bond acceptors (Lipinski definition) is 15. The second kappa shape index (κ2) is 29.7. The fourth-order valence-electron chi connectivity index (χ4n) is 8.31. The summed E-state index contributed by atoms with van der Waals surface area (Å²) in [6.45, 7) is 5.84. The monoisotopic (exact) mass is 1140 g/mol. The molecule has 6 aromatic carbocycles. The molecule has 432 valence electrons. The summed E-state index contributed by atoms with van der Waals surface area (Å²) in [5, 5.41) is 36.6. The number of anilines is 3. The lowest BCUT2D eigenvalue weighted by atomic mass is 10.1. The number of carbonyl (C=O) groups excluding carboxylic acids is 3. The van der Waals surface area contributed by atoms with Crippen LogP contribution in [0.25, 0.3) is 33.8 Å². The molecule has 9 rings (SSSR count). The first kappa shape index (κ1) is 61.7. The largest absolute Gasteiger partial charge is 0.393 e. The van der Waals surface area contributed by atoms with Crippen LogP contribution in [0.3, 0.4) is 0 Å². The number of halogens is 3. The lowest BCUT2D eigenvalue weighted by Crippen LogP contribution is -2.23. The van der Waals surface area contributed by atoms with Crippen LogP contribution >= 0.6 is 0 Å². The highest BCUT2D eigenvalue weighted by Crippen LogP contribution is 2.28. The van der Waals surface area contributed by atoms with E-state index in [0.29, 0.717) is 89.8 Å². The Bertz CT molecular complexity index is 3310. The Hall–Kier alpha value is -9.96. The van der Waals surface area contributed by atoms with Gasteiger partial charge in [0.05, 0.1) is 70.7 Å². The summed E-state index contributed by atoms with van der Waals surface area (Å²) in [6, 6.07) is 40.7. The van der Waals surface area contributed by atoms with Gasteiger partial charge in [0.2, 0.25) is 0 Å². The first-order chi connectivity index (χ1) is 40.3. The van der Waals surface area contributed by atoms with Crippen molar-refractivity contribution in [3.05, 3.63) is 232 Å². The van der Waals surface area contributed by atoms with E-state index in [0.717, 1.165) is 16.7 Å². The average Bonchev–Trinajstić information content (AvgIpc) is 3.68. The van der Waals surface area contributed by atoms with Crippen LogP contribution in [0.15, 0.2) is 164 Å². The summed E-state index contributed by atoms with van der Waals surface area (Å²) < 4.78 is 43.7. The van der Waals surface area contributed by atoms with E-state index in [1.165, 1.54) is 55.0 Å². The van der Waals surface area contributed by atoms with Gasteiger partial charge in [0.15, 0.2) is 0 Å². The zero-order valence-corrected chi connectivity index (χ0v) is 46.2. The van der Waals surface area contributed by atoms with E-state index in [1.54, 1.807) is 39.0 Å². The fraction of sp³-hybridized carbons (Fsp3) is 0.190. The third-order valence-corrected chi connectivity index (χ3v) is 12.4. The molecule has 0 saturated carbocycles. The molecule has 0 aliphatic carbocycles. The number of hydrogen-bond donors (Lipinski definition) is 9. The second-order valence-electron chi connectivity index (χ2n) is 19.5. The molecule has 3 amide bonds. The first-order valence-electron chi connectivity index (χ1n) is 26.6. The SMILES string of the molecule is CC(O)Cc1cnc(N)c(-c2ccc(C(=O)NCc3ccccc3)c(F)c2)n1.C[C@@H](O)Cc1cnc(N)c(-c2ccc(C(=O)NCc3ccccc3)c(F)c2)n1.C[C@H](O)Cc1cnc(N)c(-c2ccc(C(=O)NCc3ccccc3)c(F)c2)n1. The van der Waals surface area contributed by atoms with Crippen molar-refractivity contribution in [3.63, 3.8) is 0 Å². The van der Waals surface area contributed by atoms with E-state index < -0.39 is 53.5 Å². The molecule has 3 aromatic heterocycles. The molecule has 9 aromatic rings. The Morgan fingerprint density at radius 1 is 0.417 bits per heavy atom. The highest BCUT2D eigenvalue weighted by molar-refractivity contribution is 5.96. The topological polar surface area (TPSA) is 303 Å². The van der Waals surface area contributed by atoms with Crippen molar-refractivity contribution in [1.29, 1.82) is 0 Å². The number of aliphatic hydroxyl groups is 3. The van der Waals surface area contributed by atoms with Gasteiger partial charge in [0.1, 0.15) is 52.0 Å². The molecule has 0 saturated heterocycles. The van der Waals surface area contributed by atoms with Crippen LogP contribution in [-0.2, 0) is 38.9 Å². The van der Waals surface area contributed by atoms with Crippen LogP contribution in [0.2, 0.25) is 0 Å². The minimum atomic E-state index is -0.676. The summed E-state index contributed by atoms with van der Waals surface area (Å²) in [7, 11) is 0. The molecule has 0 bridgehead atoms. The van der Waals surface area contributed by atoms with Crippen molar-refractivity contribution in [2.75, 3.05) is 17.2 Å². The number of rotatable bonds is 18. The third kappa shape index (κ3) is 17.8. The van der Waals surface area contributed by atoms with Crippen LogP contribution < -0.4 is 33.2 Å². The number of nitrogen functional groups attached to an aromatic ring is 3. The highest BCUT2D eigenvalue weighted by atomic mass is 19.1. The van der Waals surface area contributed by atoms with Crippen LogP contribution in [0, 0.1) is 17.5 Å². The number of amides is 3. The van der Waals surface area contributed by atoms with Crippen molar-refractivity contribution >= 4 is 35.2 Å². The van der Waals surface area contributed by atoms with Gasteiger partial charge in [-0.25, -0.2) is 43.1 Å². The second-order valence-corrected chi connectivity index (χ2v) is 19.5. The maximum Gasteiger partial charge on any atom is 0.254 e. The molecule has 3 heterocycles. The van der Waals surface area contributed by atoms with Gasteiger partial charge in [-0.3, -0.25) is 14.4 Å². The number of aromatic nitrogens is 6. The van der Waals surface area contributed by atoms with E-state index in [1.807, 2.05) is 91.0 Å². The number of aliphatic hydroxyl groups excluding tert-OH is 3. The summed E-state index contributed by atoms with van der Waals surface area (Å²) in [6.07, 6.45) is 3.61. The predicted molar refractivity (Wildman–Crippen MR) is 315 cm³/mol. The van der Waals surface area contributed by atoms with Gasteiger partial charge < -0.3 is 48.5 Å². The maximum absolute atomic E-state index is 14.6. The van der Waals surface area contributed by atoms with Gasteiger partial charge in [-0.1, -0.05) is 109 Å². The van der Waals surface area contributed by atoms with Crippen LogP contribution in [0.4, 0.5) is 30.6 Å². The number of nitrogens with zero attached hydrogens (tertiary/aromatic N) is 6. The predicted octanol–water partition coefficient (Wildman–Crippen LogP) is 8.15. The summed E-state index contributed by atoms with van der Waals surface area (Å²) in [4.78, 5) is 62.2. The molecule has 0 aliphatic rings. The van der Waals surface area contributed by atoms with E-state index in [-0.39, 0.29) is 34.1 Å². The Kier molecular flexibility index (Phi) is 21.8. The van der Waals surface area contributed by atoms with Crippen LogP contribution in [-0.4, -0.2) is 81.3 Å². The van der Waals surface area contributed by atoms with Crippen molar-refractivity contribution in [2.24, 2.45) is 0 Å². The van der Waals surface area contributed by atoms with E-state index in [4.69, 9.17) is 17.2 Å². The van der Waals surface area contributed by atoms with Crippen molar-refractivity contribution in [1.82, 2.24) is 45.9 Å². The van der Waals surface area contributed by atoms with Gasteiger partial charge in [-0.2, -0.15) is 0 Å². The summed E-state index contributed by atoms with van der Waals surface area (Å²) >= 11 is 0. The zero-order chi connectivity index (χ0) is 60.3. The van der Waals surface area contributed by atoms with Crippen molar-refractivity contribution in [3.8, 4) is 33.8 Å². The Morgan fingerprint density at radius 2 is 0.667 bits per heavy atom. The van der Waals surface area contributed by atoms with E-state index in [2.05, 4.69) is 45.9 Å². The minimum absolute atomic E-state index is 0.0636. The first-order valence-corrected chi connectivity index (χ1v) is 26.6. The summed E-state index contributed by atoms with van der Waals surface area (Å²) in [5.41, 5.74) is 24.0. The molecule has 84 heavy (non-hydrogen) atoms. The molecule has 0 fully saturated rings. The minimum Gasteiger partial charge on any atom is -0.393 e. The number of nitrogens with one attached hydrogen (secondary N) is 3. The quantitative estimate of drug-likeness (QED) is 0.0391. The molecule has 21 heteroatoms. The number of nitrogens with two attached hydrogens (primary N) is 3. The normalized spacial score (nSPS) is 11.8.